The molecular formula is C19H20ClN3O3. The first-order chi connectivity index (χ1) is 12.6. The van der Waals surface area contributed by atoms with Gasteiger partial charge < -0.3 is 15.2 Å². The molecule has 6 nitrogen and oxygen atoms in total. The number of nitrogens with one attached hydrogen (secondary N) is 1. The number of aliphatic carboxylic acids is 1. The third kappa shape index (κ3) is 3.46. The smallest absolute Gasteiger partial charge is 0.308 e. The summed E-state index contributed by atoms with van der Waals surface area (Å²) in [5.41, 5.74) is 0. The molecule has 1 aromatic heterocycles. The average Bonchev–Trinajstić information content (AvgIpc) is 2.62. The molecule has 1 aromatic carbocycles. The van der Waals surface area contributed by atoms with Gasteiger partial charge in [0.1, 0.15) is 11.6 Å². The van der Waals surface area contributed by atoms with Crippen LogP contribution >= 0.6 is 11.6 Å². The van der Waals surface area contributed by atoms with Crippen LogP contribution in [0.5, 0.6) is 11.6 Å². The fourth-order valence-electron chi connectivity index (χ4n) is 4.32. The molecule has 1 heterocycles. The molecule has 3 fully saturated rings. The van der Waals surface area contributed by atoms with E-state index >= 15 is 0 Å². The summed E-state index contributed by atoms with van der Waals surface area (Å²) in [5.74, 6) is 0.910. The second-order valence-corrected chi connectivity index (χ2v) is 7.32. The summed E-state index contributed by atoms with van der Waals surface area (Å²) in [6.45, 7) is 0. The molecule has 2 bridgehead atoms. The Labute approximate surface area is 156 Å². The van der Waals surface area contributed by atoms with Crippen molar-refractivity contribution in [3.63, 3.8) is 0 Å². The molecule has 0 spiro atoms. The topological polar surface area (TPSA) is 84.3 Å². The maximum Gasteiger partial charge on any atom is 0.308 e. The Balaban J connectivity index is 1.57. The summed E-state index contributed by atoms with van der Waals surface area (Å²) in [7, 11) is 0. The molecule has 3 saturated carbocycles. The number of hydrogen-bond acceptors (Lipinski definition) is 5. The number of hydrogen-bond donors (Lipinski definition) is 2. The Kier molecular flexibility index (Phi) is 4.68. The van der Waals surface area contributed by atoms with Crippen LogP contribution in [0.3, 0.4) is 0 Å². The molecule has 0 radical (unpaired) electrons. The van der Waals surface area contributed by atoms with Crippen LogP contribution in [0, 0.1) is 17.8 Å². The van der Waals surface area contributed by atoms with Gasteiger partial charge in [-0.2, -0.15) is 4.98 Å². The predicted molar refractivity (Wildman–Crippen MR) is 97.5 cm³/mol. The number of fused-ring (bicyclic) bond motifs is 3. The Morgan fingerprint density at radius 3 is 2.50 bits per heavy atom. The van der Waals surface area contributed by atoms with Crippen molar-refractivity contribution in [2.45, 2.75) is 31.7 Å². The molecule has 5 rings (SSSR count). The quantitative estimate of drug-likeness (QED) is 0.763. The second kappa shape index (κ2) is 7.11. The maximum atomic E-state index is 11.8. The molecule has 2 N–H and O–H groups in total. The van der Waals surface area contributed by atoms with E-state index in [4.69, 9.17) is 16.3 Å². The van der Waals surface area contributed by atoms with Gasteiger partial charge in [-0.05, 0) is 61.3 Å². The minimum absolute atomic E-state index is 0.0637. The zero-order valence-corrected chi connectivity index (χ0v) is 14.9. The summed E-state index contributed by atoms with van der Waals surface area (Å²) in [4.78, 5) is 20.1. The fraction of sp³-hybridized carbons (Fsp3) is 0.421. The number of rotatable bonds is 5. The van der Waals surface area contributed by atoms with Crippen LogP contribution in [0.15, 0.2) is 36.4 Å². The molecule has 0 saturated heterocycles. The number of aromatic nitrogens is 2. The van der Waals surface area contributed by atoms with Crippen molar-refractivity contribution in [2.24, 2.45) is 17.8 Å². The number of benzene rings is 1. The summed E-state index contributed by atoms with van der Waals surface area (Å²) in [6, 6.07) is 10.8. The lowest BCUT2D eigenvalue weighted by Gasteiger charge is -2.47. The maximum absolute atomic E-state index is 11.8. The molecular weight excluding hydrogens is 354 g/mol. The zero-order chi connectivity index (χ0) is 18.1. The normalized spacial score (nSPS) is 27.1. The van der Waals surface area contributed by atoms with Gasteiger partial charge in [0.2, 0.25) is 11.2 Å². The minimum atomic E-state index is -0.738. The molecule has 26 heavy (non-hydrogen) atoms. The van der Waals surface area contributed by atoms with E-state index in [0.29, 0.717) is 23.4 Å². The minimum Gasteiger partial charge on any atom is -0.481 e. The van der Waals surface area contributed by atoms with E-state index in [1.807, 2.05) is 30.3 Å². The summed E-state index contributed by atoms with van der Waals surface area (Å²) >= 11 is 6.05. The lowest BCUT2D eigenvalue weighted by molar-refractivity contribution is -0.148. The number of anilines is 1. The van der Waals surface area contributed by atoms with Crippen LogP contribution in [-0.4, -0.2) is 27.1 Å². The zero-order valence-electron chi connectivity index (χ0n) is 14.1. The fourth-order valence-corrected chi connectivity index (χ4v) is 4.49. The monoisotopic (exact) mass is 373 g/mol. The van der Waals surface area contributed by atoms with Crippen molar-refractivity contribution >= 4 is 23.4 Å². The molecule has 3 aliphatic rings. The number of para-hydroxylation sites is 1. The van der Waals surface area contributed by atoms with E-state index < -0.39 is 11.9 Å². The number of carbonyl (C=O) groups is 1. The average molecular weight is 374 g/mol. The first kappa shape index (κ1) is 17.1. The first-order valence-corrected chi connectivity index (χ1v) is 9.25. The molecule has 0 amide bonds. The van der Waals surface area contributed by atoms with Gasteiger partial charge >= 0.3 is 5.97 Å². The highest BCUT2D eigenvalue weighted by Crippen LogP contribution is 2.46. The Bertz CT molecular complexity index is 794. The van der Waals surface area contributed by atoms with Crippen molar-refractivity contribution < 1.29 is 14.6 Å². The van der Waals surface area contributed by atoms with Gasteiger partial charge in [0, 0.05) is 12.1 Å². The molecule has 136 valence electrons. The summed E-state index contributed by atoms with van der Waals surface area (Å²) in [5, 5.41) is 13.1. The molecule has 2 atom stereocenters. The highest BCUT2D eigenvalue weighted by molar-refractivity contribution is 6.28. The highest BCUT2D eigenvalue weighted by Gasteiger charge is 2.47. The largest absolute Gasteiger partial charge is 0.481 e. The highest BCUT2D eigenvalue weighted by atomic mass is 35.5. The SMILES string of the molecule is O=C(O)[C@H]1C2CCC(CC2)[C@@H]1Nc1cc(Oc2ccccc2)nc(Cl)n1. The standard InChI is InChI=1S/C19H20ClN3O3/c20-19-22-14(10-15(23-19)26-13-4-2-1-3-5-13)21-17-12-8-6-11(7-9-12)16(17)18(24)25/h1-5,10-12,16-17H,6-9H2,(H,24,25)(H,21,22,23)/t11?,12?,16-,17-/m0/s1. The van der Waals surface area contributed by atoms with Gasteiger partial charge in [0.25, 0.3) is 0 Å². The molecule has 0 unspecified atom stereocenters. The van der Waals surface area contributed by atoms with Crippen LogP contribution in [0.4, 0.5) is 5.82 Å². The first-order valence-electron chi connectivity index (χ1n) is 8.87. The van der Waals surface area contributed by atoms with Crippen LogP contribution in [0.25, 0.3) is 0 Å². The van der Waals surface area contributed by atoms with Crippen molar-refractivity contribution in [3.05, 3.63) is 41.7 Å². The molecule has 3 aliphatic carbocycles. The number of carboxylic acid groups (broad SMARTS) is 1. The second-order valence-electron chi connectivity index (χ2n) is 6.98. The van der Waals surface area contributed by atoms with Crippen LogP contribution in [0.1, 0.15) is 25.7 Å². The van der Waals surface area contributed by atoms with Crippen molar-refractivity contribution in [1.82, 2.24) is 9.97 Å². The van der Waals surface area contributed by atoms with Crippen LogP contribution in [-0.2, 0) is 4.79 Å². The lowest BCUT2D eigenvalue weighted by atomic mass is 9.61. The van der Waals surface area contributed by atoms with Crippen molar-refractivity contribution in [3.8, 4) is 11.6 Å². The van der Waals surface area contributed by atoms with E-state index in [2.05, 4.69) is 15.3 Å². The Morgan fingerprint density at radius 1 is 1.12 bits per heavy atom. The summed E-state index contributed by atoms with van der Waals surface area (Å²) < 4.78 is 5.73. The number of ether oxygens (including phenoxy) is 1. The van der Waals surface area contributed by atoms with Gasteiger partial charge in [-0.15, -0.1) is 0 Å². The van der Waals surface area contributed by atoms with Gasteiger partial charge in [-0.1, -0.05) is 18.2 Å². The number of nitrogens with zero attached hydrogens (tertiary/aromatic N) is 2. The molecule has 2 aromatic rings. The van der Waals surface area contributed by atoms with E-state index in [0.717, 1.165) is 25.7 Å². The van der Waals surface area contributed by atoms with Gasteiger partial charge in [-0.25, -0.2) is 4.98 Å². The third-order valence-corrected chi connectivity index (χ3v) is 5.63. The molecule has 0 aliphatic heterocycles. The van der Waals surface area contributed by atoms with Crippen LogP contribution < -0.4 is 10.1 Å². The number of carboxylic acids is 1. The predicted octanol–water partition coefficient (Wildman–Crippen LogP) is 4.22. The van der Waals surface area contributed by atoms with Crippen molar-refractivity contribution in [1.29, 1.82) is 0 Å². The Hall–Kier alpha value is -2.34. The van der Waals surface area contributed by atoms with E-state index in [-0.39, 0.29) is 17.2 Å². The molecule has 7 heteroatoms. The van der Waals surface area contributed by atoms with Gasteiger partial charge in [0.15, 0.2) is 0 Å². The number of halogens is 1. The Morgan fingerprint density at radius 2 is 1.81 bits per heavy atom. The summed E-state index contributed by atoms with van der Waals surface area (Å²) in [6.07, 6.45) is 4.09. The van der Waals surface area contributed by atoms with Gasteiger partial charge in [0.05, 0.1) is 5.92 Å². The lowest BCUT2D eigenvalue weighted by Crippen LogP contribution is -2.51. The van der Waals surface area contributed by atoms with E-state index in [1.165, 1.54) is 0 Å². The third-order valence-electron chi connectivity index (χ3n) is 5.46. The van der Waals surface area contributed by atoms with E-state index in [1.54, 1.807) is 6.07 Å². The van der Waals surface area contributed by atoms with Crippen molar-refractivity contribution in [2.75, 3.05) is 5.32 Å². The van der Waals surface area contributed by atoms with E-state index in [9.17, 15) is 9.90 Å². The van der Waals surface area contributed by atoms with Crippen LogP contribution in [0.2, 0.25) is 5.28 Å². The van der Waals surface area contributed by atoms with Gasteiger partial charge in [-0.3, -0.25) is 4.79 Å².